The number of aldehydes is 1. The number of fused-ring (bicyclic) bond motifs is 3. The van der Waals surface area contributed by atoms with Crippen LogP contribution < -0.4 is 9.33 Å². The molecule has 2 heterocycles. The minimum Gasteiger partial charge on any atom is -0.543 e. The van der Waals surface area contributed by atoms with E-state index in [1.807, 2.05) is 6.07 Å². The Balaban J connectivity index is 2.14. The number of nitrogens with zero attached hydrogens (tertiary/aromatic N) is 2. The Labute approximate surface area is 172 Å². The highest BCUT2D eigenvalue weighted by Crippen LogP contribution is 2.53. The molecule has 3 rings (SSSR count). The number of anilines is 1. The third-order valence-electron chi connectivity index (χ3n) is 7.55. The first-order valence-corrected chi connectivity index (χ1v) is 12.9. The topological polar surface area (TPSA) is 32.8 Å². The number of likely N-dealkylation sites (N-methyl/N-ethyl adjacent to an activating group) is 2. The SMILES string of the molecule is CC(C)[Si](Oc1cc(C=O)c2c(c1)[C@]1(C)CCN(C)C1N2C)(C(C)C)C(C)C. The highest BCUT2D eigenvalue weighted by molar-refractivity contribution is 6.78. The van der Waals surface area contributed by atoms with Crippen molar-refractivity contribution in [3.05, 3.63) is 23.3 Å². The average Bonchev–Trinajstić information content (AvgIpc) is 3.03. The van der Waals surface area contributed by atoms with Crippen LogP contribution in [0.25, 0.3) is 0 Å². The Morgan fingerprint density at radius 1 is 1.11 bits per heavy atom. The van der Waals surface area contributed by atoms with Crippen LogP contribution in [-0.2, 0) is 5.41 Å². The van der Waals surface area contributed by atoms with Gasteiger partial charge in [0.15, 0.2) is 6.29 Å². The van der Waals surface area contributed by atoms with Crippen LogP contribution in [0.15, 0.2) is 12.1 Å². The highest BCUT2D eigenvalue weighted by atomic mass is 28.4. The zero-order valence-electron chi connectivity index (χ0n) is 19.2. The Morgan fingerprint density at radius 2 is 1.68 bits per heavy atom. The summed E-state index contributed by atoms with van der Waals surface area (Å²) in [5, 5.41) is 0. The van der Waals surface area contributed by atoms with Crippen molar-refractivity contribution in [2.45, 2.75) is 83.1 Å². The molecule has 4 nitrogen and oxygen atoms in total. The number of carbonyl (C=O) groups excluding carboxylic acids is 1. The van der Waals surface area contributed by atoms with Gasteiger partial charge in [0.25, 0.3) is 8.32 Å². The van der Waals surface area contributed by atoms with Crippen molar-refractivity contribution < 1.29 is 9.22 Å². The molecule has 1 saturated heterocycles. The lowest BCUT2D eigenvalue weighted by atomic mass is 9.81. The van der Waals surface area contributed by atoms with Gasteiger partial charge < -0.3 is 9.33 Å². The Morgan fingerprint density at radius 3 is 2.18 bits per heavy atom. The molecule has 0 aromatic heterocycles. The molecule has 2 aliphatic heterocycles. The van der Waals surface area contributed by atoms with Gasteiger partial charge in [0.1, 0.15) is 5.75 Å². The van der Waals surface area contributed by atoms with E-state index in [0.29, 0.717) is 22.8 Å². The van der Waals surface area contributed by atoms with E-state index in [1.54, 1.807) is 0 Å². The van der Waals surface area contributed by atoms with E-state index in [1.165, 1.54) is 5.56 Å². The summed E-state index contributed by atoms with van der Waals surface area (Å²) in [7, 11) is 2.24. The van der Waals surface area contributed by atoms with Gasteiger partial charge in [-0.3, -0.25) is 9.69 Å². The fraction of sp³-hybridized carbons (Fsp3) is 0.696. The lowest BCUT2D eigenvalue weighted by molar-refractivity contribution is 0.112. The molecule has 28 heavy (non-hydrogen) atoms. The van der Waals surface area contributed by atoms with Gasteiger partial charge in [0, 0.05) is 24.6 Å². The maximum atomic E-state index is 12.1. The number of benzene rings is 1. The average molecular weight is 403 g/mol. The molecule has 0 saturated carbocycles. The summed E-state index contributed by atoms with van der Waals surface area (Å²) in [5.74, 6) is 0.897. The lowest BCUT2D eigenvalue weighted by Crippen LogP contribution is -2.50. The van der Waals surface area contributed by atoms with Crippen molar-refractivity contribution in [3.8, 4) is 5.75 Å². The minimum atomic E-state index is -2.07. The first kappa shape index (κ1) is 21.4. The number of rotatable bonds is 6. The summed E-state index contributed by atoms with van der Waals surface area (Å²) in [6.07, 6.45) is 2.42. The maximum absolute atomic E-state index is 12.1. The minimum absolute atomic E-state index is 0.0354. The van der Waals surface area contributed by atoms with Gasteiger partial charge in [0.2, 0.25) is 0 Å². The zero-order chi connectivity index (χ0) is 21.0. The molecule has 0 amide bonds. The van der Waals surface area contributed by atoms with Crippen molar-refractivity contribution in [1.82, 2.24) is 4.90 Å². The van der Waals surface area contributed by atoms with E-state index in [4.69, 9.17) is 4.43 Å². The summed E-state index contributed by atoms with van der Waals surface area (Å²) in [5.41, 5.74) is 4.68. The molecule has 0 spiro atoms. The van der Waals surface area contributed by atoms with Gasteiger partial charge >= 0.3 is 0 Å². The predicted molar refractivity (Wildman–Crippen MR) is 120 cm³/mol. The predicted octanol–water partition coefficient (Wildman–Crippen LogP) is 5.42. The number of hydrogen-bond donors (Lipinski definition) is 0. The molecule has 0 bridgehead atoms. The normalized spacial score (nSPS) is 25.0. The second-order valence-corrected chi connectivity index (χ2v) is 15.5. The molecule has 1 unspecified atom stereocenters. The summed E-state index contributed by atoms with van der Waals surface area (Å²) in [6.45, 7) is 17.2. The van der Waals surface area contributed by atoms with Crippen LogP contribution in [0.5, 0.6) is 5.75 Å². The van der Waals surface area contributed by atoms with Crippen LogP contribution in [0, 0.1) is 0 Å². The molecule has 5 heteroatoms. The van der Waals surface area contributed by atoms with Crippen LogP contribution in [-0.4, -0.2) is 46.3 Å². The standard InChI is InChI=1S/C23H38N2O2Si/c1-15(2)28(16(3)4,17(5)6)27-19-12-18(14-26)21-20(13-19)23(7)10-11-24(8)22(23)25(21)9/h12-17,22H,10-11H2,1-9H3/t22?,23-/m0/s1. The van der Waals surface area contributed by atoms with Gasteiger partial charge in [-0.2, -0.15) is 0 Å². The second-order valence-electron chi connectivity index (χ2n) is 10.1. The molecule has 1 fully saturated rings. The van der Waals surface area contributed by atoms with E-state index in [0.717, 1.165) is 36.3 Å². The summed E-state index contributed by atoms with van der Waals surface area (Å²) in [6, 6.07) is 4.24. The molecule has 2 aliphatic rings. The molecule has 0 aliphatic carbocycles. The molecule has 1 aromatic rings. The smallest absolute Gasteiger partial charge is 0.258 e. The number of likely N-dealkylation sites (tertiary alicyclic amines) is 1. The Bertz CT molecular complexity index is 739. The van der Waals surface area contributed by atoms with E-state index in [-0.39, 0.29) is 5.41 Å². The third kappa shape index (κ3) is 2.85. The highest BCUT2D eigenvalue weighted by Gasteiger charge is 2.53. The number of hydrogen-bond acceptors (Lipinski definition) is 4. The summed E-state index contributed by atoms with van der Waals surface area (Å²) < 4.78 is 6.96. The van der Waals surface area contributed by atoms with Crippen LogP contribution in [0.3, 0.4) is 0 Å². The lowest BCUT2D eigenvalue weighted by Gasteiger charge is -2.42. The van der Waals surface area contributed by atoms with Crippen LogP contribution in [0.1, 0.15) is 70.8 Å². The van der Waals surface area contributed by atoms with Crippen molar-refractivity contribution in [2.75, 3.05) is 25.5 Å². The van der Waals surface area contributed by atoms with Gasteiger partial charge in [0.05, 0.1) is 11.9 Å². The van der Waals surface area contributed by atoms with Gasteiger partial charge in [-0.05, 0) is 47.8 Å². The van der Waals surface area contributed by atoms with Crippen molar-refractivity contribution in [3.63, 3.8) is 0 Å². The fourth-order valence-corrected chi connectivity index (χ4v) is 11.7. The molecule has 2 atom stereocenters. The van der Waals surface area contributed by atoms with Gasteiger partial charge in [-0.25, -0.2) is 0 Å². The largest absolute Gasteiger partial charge is 0.543 e. The van der Waals surface area contributed by atoms with E-state index >= 15 is 0 Å². The van der Waals surface area contributed by atoms with Crippen molar-refractivity contribution in [1.29, 1.82) is 0 Å². The fourth-order valence-electron chi connectivity index (χ4n) is 6.43. The first-order chi connectivity index (χ1) is 13.0. The molecule has 0 N–H and O–H groups in total. The van der Waals surface area contributed by atoms with Gasteiger partial charge in [-0.1, -0.05) is 48.5 Å². The third-order valence-corrected chi connectivity index (χ3v) is 13.6. The molecular formula is C23H38N2O2Si. The molecule has 1 aromatic carbocycles. The Hall–Kier alpha value is -1.33. The quantitative estimate of drug-likeness (QED) is 0.470. The zero-order valence-corrected chi connectivity index (χ0v) is 20.2. The van der Waals surface area contributed by atoms with Crippen molar-refractivity contribution in [2.24, 2.45) is 0 Å². The second kappa shape index (κ2) is 7.17. The molecular weight excluding hydrogens is 364 g/mol. The van der Waals surface area contributed by atoms with Crippen molar-refractivity contribution >= 4 is 20.3 Å². The van der Waals surface area contributed by atoms with Gasteiger partial charge in [-0.15, -0.1) is 0 Å². The summed E-state index contributed by atoms with van der Waals surface area (Å²) in [4.78, 5) is 16.8. The van der Waals surface area contributed by atoms with E-state index < -0.39 is 8.32 Å². The maximum Gasteiger partial charge on any atom is 0.258 e. The van der Waals surface area contributed by atoms with E-state index in [9.17, 15) is 4.79 Å². The molecule has 156 valence electrons. The summed E-state index contributed by atoms with van der Waals surface area (Å²) >= 11 is 0. The van der Waals surface area contributed by atoms with Crippen LogP contribution in [0.4, 0.5) is 5.69 Å². The Kier molecular flexibility index (Phi) is 5.47. The van der Waals surface area contributed by atoms with E-state index in [2.05, 4.69) is 78.4 Å². The number of carbonyl (C=O) groups is 1. The van der Waals surface area contributed by atoms with Crippen LogP contribution in [0.2, 0.25) is 16.6 Å². The molecule has 0 radical (unpaired) electrons. The van der Waals surface area contributed by atoms with Crippen LogP contribution >= 0.6 is 0 Å². The monoisotopic (exact) mass is 402 g/mol. The first-order valence-electron chi connectivity index (χ1n) is 10.8.